The molecule has 0 aliphatic carbocycles. The average Bonchev–Trinajstić information content (AvgIpc) is 3.23. The number of H-pyrrole nitrogens is 2. The van der Waals surface area contributed by atoms with E-state index in [1.165, 1.54) is 4.68 Å². The standard InChI is InChI=1S/C18H16N4O2S/c1-24-13-5-4-6-14(10-13)25-11-12-9-17(23)22(21-12)18-19-15-7-2-3-8-16(15)20-18/h2-10,21H,11H2,1H3,(H,19,20). The molecule has 2 aromatic heterocycles. The van der Waals surface area contributed by atoms with Crippen LogP contribution in [0.4, 0.5) is 0 Å². The average molecular weight is 352 g/mol. The van der Waals surface area contributed by atoms with E-state index in [0.29, 0.717) is 11.7 Å². The Morgan fingerprint density at radius 3 is 2.88 bits per heavy atom. The fourth-order valence-electron chi connectivity index (χ4n) is 2.57. The summed E-state index contributed by atoms with van der Waals surface area (Å²) < 4.78 is 6.66. The van der Waals surface area contributed by atoms with Gasteiger partial charge in [0.1, 0.15) is 5.75 Å². The molecule has 126 valence electrons. The number of hydrogen-bond donors (Lipinski definition) is 2. The molecule has 7 heteroatoms. The fourth-order valence-corrected chi connectivity index (χ4v) is 3.42. The van der Waals surface area contributed by atoms with Crippen molar-refractivity contribution in [1.29, 1.82) is 0 Å². The molecule has 0 saturated carbocycles. The largest absolute Gasteiger partial charge is 0.497 e. The molecule has 4 rings (SSSR count). The number of ether oxygens (including phenoxy) is 1. The summed E-state index contributed by atoms with van der Waals surface area (Å²) in [6.07, 6.45) is 0. The van der Waals surface area contributed by atoms with Crippen LogP contribution in [0, 0.1) is 0 Å². The summed E-state index contributed by atoms with van der Waals surface area (Å²) in [5.41, 5.74) is 2.41. The quantitative estimate of drug-likeness (QED) is 0.540. The van der Waals surface area contributed by atoms with Gasteiger partial charge < -0.3 is 9.72 Å². The lowest BCUT2D eigenvalue weighted by Crippen LogP contribution is -2.14. The molecule has 2 N–H and O–H groups in total. The monoisotopic (exact) mass is 352 g/mol. The number of methoxy groups -OCH3 is 1. The fraction of sp³-hybridized carbons (Fsp3) is 0.111. The van der Waals surface area contributed by atoms with E-state index in [-0.39, 0.29) is 5.56 Å². The maximum absolute atomic E-state index is 12.3. The number of imidazole rings is 1. The van der Waals surface area contributed by atoms with E-state index in [0.717, 1.165) is 27.4 Å². The lowest BCUT2D eigenvalue weighted by molar-refractivity contribution is 0.413. The number of benzene rings is 2. The Bertz CT molecular complexity index is 1050. The first-order valence-corrected chi connectivity index (χ1v) is 8.74. The molecule has 25 heavy (non-hydrogen) atoms. The minimum Gasteiger partial charge on any atom is -0.497 e. The highest BCUT2D eigenvalue weighted by molar-refractivity contribution is 7.98. The number of nitrogens with one attached hydrogen (secondary N) is 2. The number of nitrogens with zero attached hydrogens (tertiary/aromatic N) is 2. The number of para-hydroxylation sites is 2. The molecule has 0 amide bonds. The number of fused-ring (bicyclic) bond motifs is 1. The van der Waals surface area contributed by atoms with Gasteiger partial charge in [0.05, 0.1) is 18.1 Å². The van der Waals surface area contributed by atoms with Gasteiger partial charge in [-0.1, -0.05) is 18.2 Å². The van der Waals surface area contributed by atoms with Gasteiger partial charge in [-0.05, 0) is 30.3 Å². The summed E-state index contributed by atoms with van der Waals surface area (Å²) >= 11 is 1.63. The van der Waals surface area contributed by atoms with Crippen LogP contribution in [-0.4, -0.2) is 26.9 Å². The molecule has 2 heterocycles. The molecule has 0 bridgehead atoms. The first-order valence-electron chi connectivity index (χ1n) is 7.76. The van der Waals surface area contributed by atoms with Crippen molar-refractivity contribution in [3.8, 4) is 11.7 Å². The Hall–Kier alpha value is -2.93. The Labute approximate surface area is 147 Å². The van der Waals surface area contributed by atoms with Crippen molar-refractivity contribution in [2.45, 2.75) is 10.6 Å². The third kappa shape index (κ3) is 3.18. The van der Waals surface area contributed by atoms with Gasteiger partial charge in [0, 0.05) is 22.4 Å². The van der Waals surface area contributed by atoms with Gasteiger partial charge in [0.15, 0.2) is 0 Å². The zero-order valence-corrected chi connectivity index (χ0v) is 14.3. The molecule has 0 radical (unpaired) electrons. The molecular formula is C18H16N4O2S. The van der Waals surface area contributed by atoms with E-state index in [1.54, 1.807) is 24.9 Å². The van der Waals surface area contributed by atoms with E-state index in [4.69, 9.17) is 4.74 Å². The molecule has 4 aromatic rings. The first kappa shape index (κ1) is 15.6. The summed E-state index contributed by atoms with van der Waals surface area (Å²) in [5.74, 6) is 1.96. The van der Waals surface area contributed by atoms with Crippen molar-refractivity contribution in [3.05, 3.63) is 70.6 Å². The Kier molecular flexibility index (Phi) is 4.07. The van der Waals surface area contributed by atoms with Crippen LogP contribution in [0.3, 0.4) is 0 Å². The van der Waals surface area contributed by atoms with Gasteiger partial charge >= 0.3 is 0 Å². The normalized spacial score (nSPS) is 11.1. The molecule has 0 aliphatic heterocycles. The lowest BCUT2D eigenvalue weighted by atomic mass is 10.3. The molecule has 2 aromatic carbocycles. The highest BCUT2D eigenvalue weighted by atomic mass is 32.2. The van der Waals surface area contributed by atoms with Gasteiger partial charge in [0.25, 0.3) is 5.56 Å². The molecular weight excluding hydrogens is 336 g/mol. The molecule has 6 nitrogen and oxygen atoms in total. The third-order valence-corrected chi connectivity index (χ3v) is 4.84. The summed E-state index contributed by atoms with van der Waals surface area (Å²) in [6, 6.07) is 17.1. The van der Waals surface area contributed by atoms with Crippen molar-refractivity contribution in [3.63, 3.8) is 0 Å². The van der Waals surface area contributed by atoms with Crippen LogP contribution in [0.2, 0.25) is 0 Å². The van der Waals surface area contributed by atoms with Crippen molar-refractivity contribution in [2.24, 2.45) is 0 Å². The summed E-state index contributed by atoms with van der Waals surface area (Å²) in [7, 11) is 1.65. The van der Waals surface area contributed by atoms with E-state index in [2.05, 4.69) is 15.1 Å². The summed E-state index contributed by atoms with van der Waals surface area (Å²) in [4.78, 5) is 21.0. The van der Waals surface area contributed by atoms with E-state index < -0.39 is 0 Å². The maximum Gasteiger partial charge on any atom is 0.274 e. The Balaban J connectivity index is 1.56. The second kappa shape index (κ2) is 6.52. The zero-order chi connectivity index (χ0) is 17.2. The van der Waals surface area contributed by atoms with Crippen molar-refractivity contribution in [1.82, 2.24) is 19.7 Å². The molecule has 0 aliphatic rings. The van der Waals surface area contributed by atoms with Gasteiger partial charge in [-0.15, -0.1) is 11.8 Å². The lowest BCUT2D eigenvalue weighted by Gasteiger charge is -2.03. The Morgan fingerprint density at radius 2 is 2.04 bits per heavy atom. The minimum absolute atomic E-state index is 0.139. The topological polar surface area (TPSA) is 75.7 Å². The number of rotatable bonds is 5. The molecule has 0 atom stereocenters. The van der Waals surface area contributed by atoms with Crippen LogP contribution >= 0.6 is 11.8 Å². The maximum atomic E-state index is 12.3. The number of aromatic nitrogens is 4. The Morgan fingerprint density at radius 1 is 1.16 bits per heavy atom. The van der Waals surface area contributed by atoms with Crippen molar-refractivity contribution in [2.75, 3.05) is 7.11 Å². The van der Waals surface area contributed by atoms with Crippen LogP contribution in [0.15, 0.2) is 64.3 Å². The van der Waals surface area contributed by atoms with Gasteiger partial charge in [-0.25, -0.2) is 4.98 Å². The van der Waals surface area contributed by atoms with Crippen LogP contribution < -0.4 is 10.3 Å². The van der Waals surface area contributed by atoms with Crippen LogP contribution in [-0.2, 0) is 5.75 Å². The number of hydrogen-bond acceptors (Lipinski definition) is 4. The predicted molar refractivity (Wildman–Crippen MR) is 98.6 cm³/mol. The SMILES string of the molecule is COc1cccc(SCc2cc(=O)n(-c3nc4ccccc4[nH]3)[nH]2)c1. The minimum atomic E-state index is -0.139. The van der Waals surface area contributed by atoms with Gasteiger partial charge in [0.2, 0.25) is 5.95 Å². The molecule has 0 unspecified atom stereocenters. The predicted octanol–water partition coefficient (Wildman–Crippen LogP) is 3.34. The number of aromatic amines is 2. The first-order chi connectivity index (χ1) is 12.2. The van der Waals surface area contributed by atoms with Crippen LogP contribution in [0.1, 0.15) is 5.69 Å². The van der Waals surface area contributed by atoms with E-state index in [1.807, 2.05) is 48.5 Å². The van der Waals surface area contributed by atoms with Gasteiger partial charge in [-0.2, -0.15) is 4.68 Å². The molecule has 0 saturated heterocycles. The molecule has 0 fully saturated rings. The highest BCUT2D eigenvalue weighted by Gasteiger charge is 2.10. The van der Waals surface area contributed by atoms with Crippen LogP contribution in [0.5, 0.6) is 5.75 Å². The van der Waals surface area contributed by atoms with E-state index >= 15 is 0 Å². The second-order valence-electron chi connectivity index (χ2n) is 5.50. The van der Waals surface area contributed by atoms with Crippen LogP contribution in [0.25, 0.3) is 17.0 Å². The highest BCUT2D eigenvalue weighted by Crippen LogP contribution is 2.25. The second-order valence-corrected chi connectivity index (χ2v) is 6.55. The van der Waals surface area contributed by atoms with Gasteiger partial charge in [-0.3, -0.25) is 9.89 Å². The zero-order valence-electron chi connectivity index (χ0n) is 13.5. The van der Waals surface area contributed by atoms with Crippen molar-refractivity contribution < 1.29 is 4.74 Å². The number of thioether (sulfide) groups is 1. The van der Waals surface area contributed by atoms with E-state index in [9.17, 15) is 4.79 Å². The smallest absolute Gasteiger partial charge is 0.274 e. The third-order valence-electron chi connectivity index (χ3n) is 3.80. The van der Waals surface area contributed by atoms with Crippen molar-refractivity contribution >= 4 is 22.8 Å². The summed E-state index contributed by atoms with van der Waals surface area (Å²) in [6.45, 7) is 0. The molecule has 0 spiro atoms. The summed E-state index contributed by atoms with van der Waals surface area (Å²) in [5, 5.41) is 3.12.